The monoisotopic (exact) mass is 328 g/mol. The summed E-state index contributed by atoms with van der Waals surface area (Å²) >= 11 is 11.9. The van der Waals surface area contributed by atoms with Crippen molar-refractivity contribution < 1.29 is 9.13 Å². The Bertz CT molecular complexity index is 637. The van der Waals surface area contributed by atoms with Crippen molar-refractivity contribution in [2.45, 2.75) is 12.5 Å². The molecule has 0 saturated heterocycles. The van der Waals surface area contributed by atoms with Gasteiger partial charge in [0.2, 0.25) is 0 Å². The molecular formula is C15H15Cl2FN2O. The van der Waals surface area contributed by atoms with Gasteiger partial charge in [0.15, 0.2) is 11.6 Å². The van der Waals surface area contributed by atoms with Crippen LogP contribution in [0.15, 0.2) is 36.4 Å². The number of ether oxygens (including phenoxy) is 1. The molecular weight excluding hydrogens is 314 g/mol. The molecule has 0 amide bonds. The van der Waals surface area contributed by atoms with Gasteiger partial charge < -0.3 is 4.74 Å². The van der Waals surface area contributed by atoms with E-state index >= 15 is 0 Å². The molecule has 2 aromatic carbocycles. The fourth-order valence-electron chi connectivity index (χ4n) is 2.07. The smallest absolute Gasteiger partial charge is 0.165 e. The number of rotatable bonds is 5. The van der Waals surface area contributed by atoms with E-state index in [0.29, 0.717) is 16.5 Å². The fraction of sp³-hybridized carbons (Fsp3) is 0.200. The van der Waals surface area contributed by atoms with Crippen LogP contribution in [0.25, 0.3) is 0 Å². The zero-order valence-electron chi connectivity index (χ0n) is 11.4. The molecule has 0 aromatic heterocycles. The third-order valence-corrected chi connectivity index (χ3v) is 3.94. The van der Waals surface area contributed by atoms with Crippen LogP contribution in [-0.4, -0.2) is 7.11 Å². The molecule has 0 aliphatic heterocycles. The summed E-state index contributed by atoms with van der Waals surface area (Å²) in [6.45, 7) is 0. The lowest BCUT2D eigenvalue weighted by atomic mass is 9.99. The van der Waals surface area contributed by atoms with Crippen LogP contribution < -0.4 is 16.0 Å². The topological polar surface area (TPSA) is 47.3 Å². The molecule has 0 bridgehead atoms. The first kappa shape index (κ1) is 16.0. The number of hydrogen-bond acceptors (Lipinski definition) is 3. The highest BCUT2D eigenvalue weighted by Crippen LogP contribution is 2.27. The molecule has 112 valence electrons. The SMILES string of the molecule is COc1ccc(C(Cc2ccc(Cl)c(Cl)c2)NN)cc1F. The summed E-state index contributed by atoms with van der Waals surface area (Å²) < 4.78 is 18.7. The fourth-order valence-corrected chi connectivity index (χ4v) is 2.40. The summed E-state index contributed by atoms with van der Waals surface area (Å²) in [5.41, 5.74) is 4.35. The lowest BCUT2D eigenvalue weighted by molar-refractivity contribution is 0.385. The first-order valence-electron chi connectivity index (χ1n) is 6.28. The molecule has 21 heavy (non-hydrogen) atoms. The normalized spacial score (nSPS) is 12.2. The van der Waals surface area contributed by atoms with Crippen LogP contribution in [0.4, 0.5) is 4.39 Å². The quantitative estimate of drug-likeness (QED) is 0.646. The Hall–Kier alpha value is -1.33. The van der Waals surface area contributed by atoms with Crippen molar-refractivity contribution in [2.24, 2.45) is 5.84 Å². The van der Waals surface area contributed by atoms with E-state index in [2.05, 4.69) is 5.43 Å². The minimum atomic E-state index is -0.426. The van der Waals surface area contributed by atoms with Gasteiger partial charge in [0.25, 0.3) is 0 Å². The van der Waals surface area contributed by atoms with Gasteiger partial charge in [-0.25, -0.2) is 4.39 Å². The summed E-state index contributed by atoms with van der Waals surface area (Å²) in [6.07, 6.45) is 0.555. The molecule has 2 aromatic rings. The number of methoxy groups -OCH3 is 1. The average Bonchev–Trinajstić information content (AvgIpc) is 2.48. The lowest BCUT2D eigenvalue weighted by Gasteiger charge is -2.17. The molecule has 0 saturated carbocycles. The van der Waals surface area contributed by atoms with E-state index < -0.39 is 5.82 Å². The third kappa shape index (κ3) is 3.86. The van der Waals surface area contributed by atoms with Crippen LogP contribution in [0.2, 0.25) is 10.0 Å². The Labute approximate surface area is 132 Å². The van der Waals surface area contributed by atoms with Crippen molar-refractivity contribution in [1.29, 1.82) is 0 Å². The third-order valence-electron chi connectivity index (χ3n) is 3.20. The van der Waals surface area contributed by atoms with E-state index in [9.17, 15) is 4.39 Å². The number of halogens is 3. The molecule has 1 atom stereocenters. The van der Waals surface area contributed by atoms with E-state index in [1.807, 2.05) is 6.07 Å². The molecule has 1 unspecified atom stereocenters. The molecule has 0 heterocycles. The van der Waals surface area contributed by atoms with Gasteiger partial charge >= 0.3 is 0 Å². The molecule has 0 spiro atoms. The Balaban J connectivity index is 2.23. The van der Waals surface area contributed by atoms with Crippen LogP contribution in [0.1, 0.15) is 17.2 Å². The van der Waals surface area contributed by atoms with Gasteiger partial charge in [-0.2, -0.15) is 0 Å². The van der Waals surface area contributed by atoms with E-state index in [4.69, 9.17) is 33.8 Å². The Morgan fingerprint density at radius 1 is 1.19 bits per heavy atom. The van der Waals surface area contributed by atoms with Gasteiger partial charge in [-0.15, -0.1) is 0 Å². The first-order chi connectivity index (χ1) is 10.0. The average molecular weight is 329 g/mol. The van der Waals surface area contributed by atoms with Crippen molar-refractivity contribution in [3.05, 3.63) is 63.4 Å². The highest BCUT2D eigenvalue weighted by molar-refractivity contribution is 6.42. The molecule has 0 aliphatic rings. The molecule has 0 aliphatic carbocycles. The molecule has 3 nitrogen and oxygen atoms in total. The zero-order chi connectivity index (χ0) is 15.4. The van der Waals surface area contributed by atoms with Crippen LogP contribution in [0, 0.1) is 5.82 Å². The summed E-state index contributed by atoms with van der Waals surface area (Å²) in [4.78, 5) is 0. The summed E-state index contributed by atoms with van der Waals surface area (Å²) in [6, 6.07) is 9.85. The molecule has 6 heteroatoms. The summed E-state index contributed by atoms with van der Waals surface area (Å²) in [7, 11) is 1.42. The van der Waals surface area contributed by atoms with E-state index in [1.165, 1.54) is 13.2 Å². The second-order valence-electron chi connectivity index (χ2n) is 4.57. The van der Waals surface area contributed by atoms with E-state index in [0.717, 1.165) is 11.1 Å². The van der Waals surface area contributed by atoms with Crippen LogP contribution in [0.5, 0.6) is 5.75 Å². The van der Waals surface area contributed by atoms with E-state index in [1.54, 1.807) is 24.3 Å². The maximum atomic E-state index is 13.8. The minimum absolute atomic E-state index is 0.198. The predicted octanol–water partition coefficient (Wildman–Crippen LogP) is 3.89. The van der Waals surface area contributed by atoms with Crippen molar-refractivity contribution in [3.63, 3.8) is 0 Å². The highest BCUT2D eigenvalue weighted by Gasteiger charge is 2.14. The van der Waals surface area contributed by atoms with Gasteiger partial charge in [-0.3, -0.25) is 11.3 Å². The Kier molecular flexibility index (Phi) is 5.42. The predicted molar refractivity (Wildman–Crippen MR) is 83.2 cm³/mol. The number of hydrogen-bond donors (Lipinski definition) is 2. The van der Waals surface area contributed by atoms with Gasteiger partial charge in [-0.05, 0) is 41.8 Å². The molecule has 0 radical (unpaired) electrons. The van der Waals surface area contributed by atoms with Gasteiger partial charge in [0.05, 0.1) is 23.2 Å². The second kappa shape index (κ2) is 7.09. The minimum Gasteiger partial charge on any atom is -0.494 e. The summed E-state index contributed by atoms with van der Waals surface area (Å²) in [5.74, 6) is 5.35. The zero-order valence-corrected chi connectivity index (χ0v) is 12.9. The van der Waals surface area contributed by atoms with Crippen LogP contribution in [0.3, 0.4) is 0 Å². The number of hydrazine groups is 1. The van der Waals surface area contributed by atoms with Crippen LogP contribution >= 0.6 is 23.2 Å². The number of nitrogens with one attached hydrogen (secondary N) is 1. The van der Waals surface area contributed by atoms with E-state index in [-0.39, 0.29) is 11.8 Å². The molecule has 3 N–H and O–H groups in total. The Morgan fingerprint density at radius 3 is 2.52 bits per heavy atom. The number of benzene rings is 2. The van der Waals surface area contributed by atoms with Crippen LogP contribution in [-0.2, 0) is 6.42 Å². The lowest BCUT2D eigenvalue weighted by Crippen LogP contribution is -2.29. The Morgan fingerprint density at radius 2 is 1.95 bits per heavy atom. The van der Waals surface area contributed by atoms with Crippen molar-refractivity contribution in [2.75, 3.05) is 7.11 Å². The largest absolute Gasteiger partial charge is 0.494 e. The highest BCUT2D eigenvalue weighted by atomic mass is 35.5. The van der Waals surface area contributed by atoms with Gasteiger partial charge in [0.1, 0.15) is 0 Å². The van der Waals surface area contributed by atoms with Gasteiger partial charge in [0, 0.05) is 0 Å². The maximum absolute atomic E-state index is 13.8. The van der Waals surface area contributed by atoms with Gasteiger partial charge in [-0.1, -0.05) is 35.3 Å². The maximum Gasteiger partial charge on any atom is 0.165 e. The van der Waals surface area contributed by atoms with Crippen molar-refractivity contribution >= 4 is 23.2 Å². The second-order valence-corrected chi connectivity index (χ2v) is 5.38. The standard InChI is InChI=1S/C15H15Cl2FN2O/c1-21-15-5-3-10(8-13(15)18)14(20-19)7-9-2-4-11(16)12(17)6-9/h2-6,8,14,20H,7,19H2,1H3. The number of nitrogens with two attached hydrogens (primary N) is 1. The first-order valence-corrected chi connectivity index (χ1v) is 7.04. The molecule has 0 fully saturated rings. The van der Waals surface area contributed by atoms with Crippen molar-refractivity contribution in [1.82, 2.24) is 5.43 Å². The summed E-state index contributed by atoms with van der Waals surface area (Å²) in [5, 5.41) is 0.971. The molecule has 2 rings (SSSR count). The van der Waals surface area contributed by atoms with Crippen molar-refractivity contribution in [3.8, 4) is 5.75 Å².